The number of hydrogen-bond donors (Lipinski definition) is 3. The van der Waals surface area contributed by atoms with E-state index in [1.165, 1.54) is 70.6 Å². The van der Waals surface area contributed by atoms with Gasteiger partial charge in [0.1, 0.15) is 0 Å². The average molecular weight is 547 g/mol. The smallest absolute Gasteiger partial charge is 0.0433 e. The highest BCUT2D eigenvalue weighted by Gasteiger charge is 2.26. The van der Waals surface area contributed by atoms with Crippen LogP contribution in [0.3, 0.4) is 0 Å². The summed E-state index contributed by atoms with van der Waals surface area (Å²) in [5, 5.41) is 26.0. The molecule has 0 aromatic carbocycles. The number of hydrogen-bond acceptors (Lipinski definition) is 3. The first-order valence-electron chi connectivity index (χ1n) is 16.3. The van der Waals surface area contributed by atoms with Gasteiger partial charge >= 0.3 is 0 Å². The van der Waals surface area contributed by atoms with Crippen LogP contribution in [-0.4, -0.2) is 35.1 Å². The van der Waals surface area contributed by atoms with Crippen molar-refractivity contribution in [1.82, 2.24) is 0 Å². The topological polar surface area (TPSA) is 60.7 Å². The van der Waals surface area contributed by atoms with Crippen molar-refractivity contribution in [3.63, 3.8) is 0 Å². The Morgan fingerprint density at radius 1 is 0.474 bits per heavy atom. The van der Waals surface area contributed by atoms with Crippen molar-refractivity contribution < 1.29 is 15.3 Å². The van der Waals surface area contributed by atoms with Gasteiger partial charge in [0.25, 0.3) is 0 Å². The summed E-state index contributed by atoms with van der Waals surface area (Å²) >= 11 is 0. The molecule has 0 amide bonds. The van der Waals surface area contributed by atoms with Crippen molar-refractivity contribution in [3.05, 3.63) is 0 Å². The maximum atomic E-state index is 8.87. The third-order valence-corrected chi connectivity index (χ3v) is 6.38. The van der Waals surface area contributed by atoms with Crippen LogP contribution in [0.5, 0.6) is 0 Å². The second kappa shape index (κ2) is 28.4. The largest absolute Gasteiger partial charge is 0.396 e. The van der Waals surface area contributed by atoms with E-state index in [0.717, 1.165) is 19.3 Å². The Bertz CT molecular complexity index is 421. The highest BCUT2D eigenvalue weighted by atomic mass is 16.3. The minimum absolute atomic E-state index is 0.326. The molecule has 3 N–H and O–H groups in total. The lowest BCUT2D eigenvalue weighted by atomic mass is 9.72. The lowest BCUT2D eigenvalue weighted by Gasteiger charge is -2.34. The summed E-state index contributed by atoms with van der Waals surface area (Å²) in [4.78, 5) is 0. The van der Waals surface area contributed by atoms with Crippen LogP contribution in [0.1, 0.15) is 180 Å². The number of aliphatic hydroxyl groups is 3. The van der Waals surface area contributed by atoms with Crippen molar-refractivity contribution in [3.8, 4) is 0 Å². The number of aliphatic hydroxyl groups excluding tert-OH is 3. The van der Waals surface area contributed by atoms with Crippen LogP contribution in [0.15, 0.2) is 0 Å². The van der Waals surface area contributed by atoms with Gasteiger partial charge in [0.2, 0.25) is 0 Å². The van der Waals surface area contributed by atoms with E-state index >= 15 is 0 Å². The van der Waals surface area contributed by atoms with Gasteiger partial charge in [-0.05, 0) is 66.6 Å². The molecule has 0 aliphatic heterocycles. The molecule has 0 aliphatic rings. The Hall–Kier alpha value is -0.120. The van der Waals surface area contributed by atoms with Crippen LogP contribution < -0.4 is 0 Å². The molecule has 0 aromatic heterocycles. The fourth-order valence-corrected chi connectivity index (χ4v) is 5.21. The van der Waals surface area contributed by atoms with Crippen molar-refractivity contribution >= 4 is 0 Å². The van der Waals surface area contributed by atoms with Crippen LogP contribution in [0.2, 0.25) is 0 Å². The quantitative estimate of drug-likeness (QED) is 0.169. The van der Waals surface area contributed by atoms with Crippen LogP contribution in [0.25, 0.3) is 0 Å². The summed E-state index contributed by atoms with van der Waals surface area (Å²) in [6.07, 6.45) is 17.1. The van der Waals surface area contributed by atoms with E-state index in [1.54, 1.807) is 0 Å². The standard InChI is InChI=1S/C13H28O.2C9H20O.C4H10/c1-11(7-8-14)9-13(5,6)10-12(2,3)4;1-8(5-6-10)7-9(2,3)4;1-2-3-4-5-6-7-8-9-10;1-3-4-2/h11,14H,7-10H2,1-6H3;8,10H,5-7H2,1-4H3;10H,2-9H2,1H3;3-4H2,1-2H3. The van der Waals surface area contributed by atoms with E-state index in [4.69, 9.17) is 15.3 Å². The van der Waals surface area contributed by atoms with E-state index in [1.807, 2.05) is 0 Å². The molecule has 236 valence electrons. The molecule has 0 saturated heterocycles. The SMILES string of the molecule is CC(CCO)CC(C)(C)C.CC(CCO)CC(C)(C)CC(C)(C)C.CCCC.CCCCCCCCCO. The molecule has 3 heteroatoms. The molecule has 0 spiro atoms. The highest BCUT2D eigenvalue weighted by Crippen LogP contribution is 2.38. The van der Waals surface area contributed by atoms with Gasteiger partial charge in [-0.25, -0.2) is 0 Å². The van der Waals surface area contributed by atoms with Crippen molar-refractivity contribution in [2.75, 3.05) is 19.8 Å². The van der Waals surface area contributed by atoms with Gasteiger partial charge < -0.3 is 15.3 Å². The van der Waals surface area contributed by atoms with Gasteiger partial charge in [-0.2, -0.15) is 0 Å². The summed E-state index contributed by atoms with van der Waals surface area (Å²) in [6.45, 7) is 30.3. The minimum Gasteiger partial charge on any atom is -0.396 e. The Labute approximate surface area is 243 Å². The van der Waals surface area contributed by atoms with Crippen LogP contribution in [0.4, 0.5) is 0 Å². The summed E-state index contributed by atoms with van der Waals surface area (Å²) in [5.41, 5.74) is 1.21. The maximum Gasteiger partial charge on any atom is 0.0433 e. The van der Waals surface area contributed by atoms with Crippen molar-refractivity contribution in [1.29, 1.82) is 0 Å². The summed E-state index contributed by atoms with van der Waals surface area (Å²) in [6, 6.07) is 0. The summed E-state index contributed by atoms with van der Waals surface area (Å²) in [7, 11) is 0. The number of unbranched alkanes of at least 4 members (excludes halogenated alkanes) is 7. The van der Waals surface area contributed by atoms with Crippen LogP contribution in [-0.2, 0) is 0 Å². The van der Waals surface area contributed by atoms with E-state index in [-0.39, 0.29) is 0 Å². The van der Waals surface area contributed by atoms with E-state index < -0.39 is 0 Å². The lowest BCUT2D eigenvalue weighted by Crippen LogP contribution is -2.23. The fourth-order valence-electron chi connectivity index (χ4n) is 5.21. The number of rotatable bonds is 16. The zero-order valence-corrected chi connectivity index (χ0v) is 29.0. The molecule has 0 rings (SSSR count). The van der Waals surface area contributed by atoms with Gasteiger partial charge in [-0.15, -0.1) is 0 Å². The Morgan fingerprint density at radius 3 is 1.18 bits per heavy atom. The molecule has 0 heterocycles. The molecule has 0 bridgehead atoms. The zero-order valence-electron chi connectivity index (χ0n) is 29.0. The lowest BCUT2D eigenvalue weighted by molar-refractivity contribution is 0.159. The first-order chi connectivity index (χ1) is 17.4. The fraction of sp³-hybridized carbons (Fsp3) is 1.00. The molecule has 2 unspecified atom stereocenters. The minimum atomic E-state index is 0.326. The first kappa shape index (κ1) is 44.9. The summed E-state index contributed by atoms with van der Waals surface area (Å²) < 4.78 is 0. The molecule has 38 heavy (non-hydrogen) atoms. The predicted octanol–water partition coefficient (Wildman–Crippen LogP) is 10.8. The van der Waals surface area contributed by atoms with Crippen LogP contribution in [0, 0.1) is 28.1 Å². The Morgan fingerprint density at radius 2 is 0.868 bits per heavy atom. The zero-order chi connectivity index (χ0) is 30.7. The van der Waals surface area contributed by atoms with E-state index in [2.05, 4.69) is 90.0 Å². The van der Waals surface area contributed by atoms with Gasteiger partial charge in [0.15, 0.2) is 0 Å². The molecule has 0 fully saturated rings. The molecule has 0 aromatic rings. The Balaban J connectivity index is -0.000000216. The highest BCUT2D eigenvalue weighted by molar-refractivity contribution is 4.78. The maximum absolute atomic E-state index is 8.87. The van der Waals surface area contributed by atoms with E-state index in [0.29, 0.717) is 47.9 Å². The van der Waals surface area contributed by atoms with Gasteiger partial charge in [0.05, 0.1) is 0 Å². The second-order valence-electron chi connectivity index (χ2n) is 15.0. The van der Waals surface area contributed by atoms with Crippen molar-refractivity contribution in [2.45, 2.75) is 180 Å². The normalized spacial score (nSPS) is 13.3. The molecule has 0 aliphatic carbocycles. The third-order valence-electron chi connectivity index (χ3n) is 6.38. The van der Waals surface area contributed by atoms with Gasteiger partial charge in [-0.1, -0.05) is 141 Å². The molecule has 0 saturated carbocycles. The van der Waals surface area contributed by atoms with Crippen molar-refractivity contribution in [2.24, 2.45) is 28.1 Å². The average Bonchev–Trinajstić information content (AvgIpc) is 2.74. The Kier molecular flexibility index (Phi) is 33.6. The van der Waals surface area contributed by atoms with Gasteiger partial charge in [-0.3, -0.25) is 0 Å². The van der Waals surface area contributed by atoms with Gasteiger partial charge in [0, 0.05) is 19.8 Å². The molecular formula is C35H78O3. The summed E-state index contributed by atoms with van der Waals surface area (Å²) in [5.74, 6) is 1.29. The molecule has 2 atom stereocenters. The second-order valence-corrected chi connectivity index (χ2v) is 15.0. The monoisotopic (exact) mass is 547 g/mol. The van der Waals surface area contributed by atoms with E-state index in [9.17, 15) is 0 Å². The third kappa shape index (κ3) is 48.9. The molecular weight excluding hydrogens is 468 g/mol. The first-order valence-corrected chi connectivity index (χ1v) is 16.3. The predicted molar refractivity (Wildman–Crippen MR) is 174 cm³/mol. The molecule has 0 radical (unpaired) electrons. The molecule has 3 nitrogen and oxygen atoms in total. The van der Waals surface area contributed by atoms with Crippen LogP contribution >= 0.6 is 0 Å².